The van der Waals surface area contributed by atoms with Crippen molar-refractivity contribution in [1.82, 2.24) is 19.3 Å². The number of nitrogens with zero attached hydrogens (tertiary/aromatic N) is 4. The molecule has 2 fully saturated rings. The molecule has 4 heterocycles. The average molecular weight is 419 g/mol. The van der Waals surface area contributed by atoms with E-state index in [9.17, 15) is 8.42 Å². The number of hydrogen-bond acceptors (Lipinski definition) is 7. The molecule has 0 aliphatic carbocycles. The van der Waals surface area contributed by atoms with Gasteiger partial charge >= 0.3 is 0 Å². The summed E-state index contributed by atoms with van der Waals surface area (Å²) in [4.78, 5) is 12.8. The molecule has 0 aromatic carbocycles. The molecule has 4 rings (SSSR count). The molecule has 2 aromatic heterocycles. The number of rotatable bonds is 6. The van der Waals surface area contributed by atoms with Crippen LogP contribution < -0.4 is 9.47 Å². The Morgan fingerprint density at radius 3 is 2.45 bits per heavy atom. The van der Waals surface area contributed by atoms with Crippen LogP contribution >= 0.6 is 0 Å². The fraction of sp³-hybridized carbons (Fsp3) is 0.550. The number of sulfonamides is 1. The highest BCUT2D eigenvalue weighted by atomic mass is 32.2. The highest BCUT2D eigenvalue weighted by Gasteiger charge is 2.46. The van der Waals surface area contributed by atoms with Crippen LogP contribution in [0.15, 0.2) is 24.7 Å². The molecule has 2 aromatic rings. The summed E-state index contributed by atoms with van der Waals surface area (Å²) in [5, 5.41) is 0. The van der Waals surface area contributed by atoms with Crippen molar-refractivity contribution < 1.29 is 17.9 Å². The van der Waals surface area contributed by atoms with Gasteiger partial charge < -0.3 is 9.47 Å². The molecule has 156 valence electrons. The molecule has 8 nitrogen and oxygen atoms in total. The minimum atomic E-state index is -3.18. The van der Waals surface area contributed by atoms with Crippen molar-refractivity contribution in [1.29, 1.82) is 0 Å². The highest BCUT2D eigenvalue weighted by molar-refractivity contribution is 7.89. The lowest BCUT2D eigenvalue weighted by Gasteiger charge is -2.37. The van der Waals surface area contributed by atoms with Crippen molar-refractivity contribution in [3.8, 4) is 17.5 Å². The molecule has 0 spiro atoms. The molecule has 29 heavy (non-hydrogen) atoms. The van der Waals surface area contributed by atoms with Gasteiger partial charge in [0.05, 0.1) is 17.0 Å². The summed E-state index contributed by atoms with van der Waals surface area (Å²) in [6, 6.07) is 3.68. The molecule has 0 amide bonds. The average Bonchev–Trinajstić information content (AvgIpc) is 2.99. The van der Waals surface area contributed by atoms with Crippen LogP contribution in [-0.4, -0.2) is 51.6 Å². The van der Waals surface area contributed by atoms with Crippen LogP contribution in [0.4, 0.5) is 0 Å². The van der Waals surface area contributed by atoms with Gasteiger partial charge in [0.2, 0.25) is 21.8 Å². The van der Waals surface area contributed by atoms with Crippen LogP contribution in [0.2, 0.25) is 0 Å². The smallest absolute Gasteiger partial charge is 0.229 e. The summed E-state index contributed by atoms with van der Waals surface area (Å²) >= 11 is 0. The quantitative estimate of drug-likeness (QED) is 0.712. The SMILES string of the molecule is CCS(=O)(=O)N1C2CCC1CC(Oc1ncnc(Oc3cccnc3C)c1C)C2. The molecule has 0 N–H and O–H groups in total. The molecule has 2 unspecified atom stereocenters. The number of aromatic nitrogens is 3. The zero-order valence-electron chi connectivity index (χ0n) is 16.9. The maximum absolute atomic E-state index is 12.4. The topological polar surface area (TPSA) is 94.5 Å². The van der Waals surface area contributed by atoms with Gasteiger partial charge in [-0.25, -0.2) is 18.4 Å². The van der Waals surface area contributed by atoms with Gasteiger partial charge in [-0.1, -0.05) is 0 Å². The molecular formula is C20H26N4O4S. The van der Waals surface area contributed by atoms with E-state index in [-0.39, 0.29) is 23.9 Å². The van der Waals surface area contributed by atoms with Crippen molar-refractivity contribution in [3.05, 3.63) is 35.9 Å². The van der Waals surface area contributed by atoms with Gasteiger partial charge in [-0.2, -0.15) is 4.31 Å². The van der Waals surface area contributed by atoms with Crippen LogP contribution in [0, 0.1) is 13.8 Å². The van der Waals surface area contributed by atoms with E-state index in [0.717, 1.165) is 18.5 Å². The highest BCUT2D eigenvalue weighted by Crippen LogP contribution is 2.40. The van der Waals surface area contributed by atoms with E-state index in [2.05, 4.69) is 15.0 Å². The Kier molecular flexibility index (Phi) is 5.44. The fourth-order valence-corrected chi connectivity index (χ4v) is 5.85. The predicted molar refractivity (Wildman–Crippen MR) is 108 cm³/mol. The molecule has 2 aliphatic rings. The number of fused-ring (bicyclic) bond motifs is 2. The lowest BCUT2D eigenvalue weighted by atomic mass is 10.0. The van der Waals surface area contributed by atoms with Gasteiger partial charge in [0.1, 0.15) is 12.4 Å². The Hall–Kier alpha value is -2.26. The van der Waals surface area contributed by atoms with E-state index in [4.69, 9.17) is 9.47 Å². The zero-order valence-corrected chi connectivity index (χ0v) is 17.7. The number of hydrogen-bond donors (Lipinski definition) is 0. The number of piperidine rings is 1. The van der Waals surface area contributed by atoms with Crippen LogP contribution in [0.5, 0.6) is 17.5 Å². The summed E-state index contributed by atoms with van der Waals surface area (Å²) < 4.78 is 38.7. The lowest BCUT2D eigenvalue weighted by molar-refractivity contribution is 0.0908. The normalized spacial score (nSPS) is 24.4. The first-order valence-corrected chi connectivity index (χ1v) is 11.6. The van der Waals surface area contributed by atoms with Crippen LogP contribution in [-0.2, 0) is 10.0 Å². The van der Waals surface area contributed by atoms with Gasteiger partial charge in [0.15, 0.2) is 5.75 Å². The van der Waals surface area contributed by atoms with E-state index in [1.807, 2.05) is 26.0 Å². The maximum atomic E-state index is 12.4. The molecule has 2 aliphatic heterocycles. The molecular weight excluding hydrogens is 392 g/mol. The number of aryl methyl sites for hydroxylation is 1. The molecule has 2 saturated heterocycles. The Balaban J connectivity index is 1.49. The molecule has 0 radical (unpaired) electrons. The number of pyridine rings is 1. The van der Waals surface area contributed by atoms with Crippen molar-refractivity contribution in [2.24, 2.45) is 0 Å². The Morgan fingerprint density at radius 1 is 1.10 bits per heavy atom. The van der Waals surface area contributed by atoms with Crippen molar-refractivity contribution in [3.63, 3.8) is 0 Å². The third-order valence-corrected chi connectivity index (χ3v) is 7.71. The third kappa shape index (κ3) is 3.93. The van der Waals surface area contributed by atoms with E-state index >= 15 is 0 Å². The molecule has 2 atom stereocenters. The number of ether oxygens (including phenoxy) is 2. The standard InChI is InChI=1S/C20H26N4O4S/c1-4-29(25,26)24-15-7-8-16(24)11-17(10-15)27-19-13(2)20(23-12-22-19)28-18-6-5-9-21-14(18)3/h5-6,9,12,15-17H,4,7-8,10-11H2,1-3H3. The molecule has 2 bridgehead atoms. The Morgan fingerprint density at radius 2 is 1.79 bits per heavy atom. The first-order chi connectivity index (χ1) is 13.9. The van der Waals surface area contributed by atoms with Gasteiger partial charge in [-0.15, -0.1) is 0 Å². The second kappa shape index (κ2) is 7.87. The van der Waals surface area contributed by atoms with E-state index in [1.165, 1.54) is 6.33 Å². The van der Waals surface area contributed by atoms with Crippen molar-refractivity contribution in [2.45, 2.75) is 64.6 Å². The van der Waals surface area contributed by atoms with E-state index in [0.29, 0.717) is 35.9 Å². The molecule has 0 saturated carbocycles. The van der Waals surface area contributed by atoms with Crippen LogP contribution in [0.25, 0.3) is 0 Å². The fourth-order valence-electron chi connectivity index (χ4n) is 4.26. The Bertz CT molecular complexity index is 984. The maximum Gasteiger partial charge on any atom is 0.229 e. The summed E-state index contributed by atoms with van der Waals surface area (Å²) in [6.07, 6.45) is 6.20. The summed E-state index contributed by atoms with van der Waals surface area (Å²) in [5.74, 6) is 1.69. The second-order valence-electron chi connectivity index (χ2n) is 7.62. The van der Waals surface area contributed by atoms with Crippen molar-refractivity contribution >= 4 is 10.0 Å². The third-order valence-electron chi connectivity index (χ3n) is 5.74. The minimum Gasteiger partial charge on any atom is -0.474 e. The molecule has 9 heteroatoms. The first kappa shape index (κ1) is 20.0. The Labute approximate surface area is 171 Å². The van der Waals surface area contributed by atoms with Gasteiger partial charge in [-0.05, 0) is 45.7 Å². The minimum absolute atomic E-state index is 0.0135. The van der Waals surface area contributed by atoms with E-state index in [1.54, 1.807) is 17.4 Å². The second-order valence-corrected chi connectivity index (χ2v) is 9.79. The van der Waals surface area contributed by atoms with Gasteiger partial charge in [0, 0.05) is 31.1 Å². The summed E-state index contributed by atoms with van der Waals surface area (Å²) in [7, 11) is -3.18. The first-order valence-electron chi connectivity index (χ1n) is 9.98. The van der Waals surface area contributed by atoms with Gasteiger partial charge in [0.25, 0.3) is 0 Å². The van der Waals surface area contributed by atoms with Gasteiger partial charge in [-0.3, -0.25) is 4.98 Å². The summed E-state index contributed by atoms with van der Waals surface area (Å²) in [5.41, 5.74) is 1.49. The summed E-state index contributed by atoms with van der Waals surface area (Å²) in [6.45, 7) is 5.44. The predicted octanol–water partition coefficient (Wildman–Crippen LogP) is 3.00. The van der Waals surface area contributed by atoms with Crippen LogP contribution in [0.1, 0.15) is 43.9 Å². The van der Waals surface area contributed by atoms with Crippen LogP contribution in [0.3, 0.4) is 0 Å². The van der Waals surface area contributed by atoms with E-state index < -0.39 is 10.0 Å². The lowest BCUT2D eigenvalue weighted by Crippen LogP contribution is -2.49. The largest absolute Gasteiger partial charge is 0.474 e. The monoisotopic (exact) mass is 418 g/mol. The zero-order chi connectivity index (χ0) is 20.6. The van der Waals surface area contributed by atoms with Crippen molar-refractivity contribution in [2.75, 3.05) is 5.75 Å².